The van der Waals surface area contributed by atoms with E-state index in [1.807, 2.05) is 13.0 Å². The van der Waals surface area contributed by atoms with E-state index in [4.69, 9.17) is 5.73 Å². The second-order valence-corrected chi connectivity index (χ2v) is 8.22. The topological polar surface area (TPSA) is 63.4 Å². The Kier molecular flexibility index (Phi) is 5.07. The van der Waals surface area contributed by atoms with Crippen LogP contribution in [0.4, 0.5) is 0 Å². The van der Waals surface area contributed by atoms with E-state index < -0.39 is 10.0 Å². The van der Waals surface area contributed by atoms with E-state index in [-0.39, 0.29) is 6.04 Å². The van der Waals surface area contributed by atoms with Gasteiger partial charge in [0.1, 0.15) is 0 Å². The van der Waals surface area contributed by atoms with Gasteiger partial charge in [-0.25, -0.2) is 8.42 Å². The summed E-state index contributed by atoms with van der Waals surface area (Å²) in [7, 11) is -1.71. The quantitative estimate of drug-likeness (QED) is 0.930. The van der Waals surface area contributed by atoms with Crippen molar-refractivity contribution in [3.63, 3.8) is 0 Å². The van der Waals surface area contributed by atoms with Crippen LogP contribution < -0.4 is 5.73 Å². The summed E-state index contributed by atoms with van der Waals surface area (Å²) in [5, 5.41) is 0. The molecule has 1 aromatic rings. The summed E-state index contributed by atoms with van der Waals surface area (Å²) in [5.41, 5.74) is 7.34. The monoisotopic (exact) mass is 310 g/mol. The van der Waals surface area contributed by atoms with Crippen molar-refractivity contribution in [3.8, 4) is 0 Å². The van der Waals surface area contributed by atoms with Crippen molar-refractivity contribution in [1.29, 1.82) is 0 Å². The lowest BCUT2D eigenvalue weighted by molar-refractivity contribution is 0.239. The van der Waals surface area contributed by atoms with Crippen LogP contribution in [0.25, 0.3) is 0 Å². The lowest BCUT2D eigenvalue weighted by Crippen LogP contribution is -2.40. The molecule has 2 atom stereocenters. The number of rotatable bonds is 4. The Morgan fingerprint density at radius 2 is 2.05 bits per heavy atom. The van der Waals surface area contributed by atoms with Gasteiger partial charge in [0.05, 0.1) is 4.90 Å². The van der Waals surface area contributed by atoms with Crippen LogP contribution in [0.3, 0.4) is 0 Å². The summed E-state index contributed by atoms with van der Waals surface area (Å²) in [6, 6.07) is 5.48. The predicted octanol–water partition coefficient (Wildman–Crippen LogP) is 2.65. The molecule has 1 aliphatic carbocycles. The van der Waals surface area contributed by atoms with Crippen LogP contribution in [0.15, 0.2) is 23.1 Å². The van der Waals surface area contributed by atoms with E-state index in [0.717, 1.165) is 30.4 Å². The van der Waals surface area contributed by atoms with Gasteiger partial charge in [0.15, 0.2) is 0 Å². The molecule has 0 saturated heterocycles. The smallest absolute Gasteiger partial charge is 0.243 e. The predicted molar refractivity (Wildman–Crippen MR) is 85.4 cm³/mol. The molecule has 2 unspecified atom stereocenters. The zero-order chi connectivity index (χ0) is 15.6. The maximum Gasteiger partial charge on any atom is 0.243 e. The zero-order valence-electron chi connectivity index (χ0n) is 13.2. The molecule has 0 spiro atoms. The highest BCUT2D eigenvalue weighted by molar-refractivity contribution is 7.89. The Morgan fingerprint density at radius 1 is 1.33 bits per heavy atom. The molecule has 5 heteroatoms. The van der Waals surface area contributed by atoms with Gasteiger partial charge >= 0.3 is 0 Å². The second-order valence-electron chi connectivity index (χ2n) is 6.25. The van der Waals surface area contributed by atoms with Crippen molar-refractivity contribution in [2.24, 2.45) is 11.7 Å². The number of hydrogen-bond acceptors (Lipinski definition) is 3. The van der Waals surface area contributed by atoms with Gasteiger partial charge in [-0.3, -0.25) is 0 Å². The van der Waals surface area contributed by atoms with Gasteiger partial charge in [-0.2, -0.15) is 4.31 Å². The average Bonchev–Trinajstić information content (AvgIpc) is 2.45. The van der Waals surface area contributed by atoms with Gasteiger partial charge < -0.3 is 5.73 Å². The van der Waals surface area contributed by atoms with Crippen molar-refractivity contribution in [2.75, 3.05) is 7.05 Å². The molecular weight excluding hydrogens is 284 g/mol. The summed E-state index contributed by atoms with van der Waals surface area (Å²) in [4.78, 5) is 0.403. The molecule has 4 nitrogen and oxygen atoms in total. The molecule has 1 aliphatic rings. The van der Waals surface area contributed by atoms with E-state index in [1.165, 1.54) is 6.42 Å². The number of hydrogen-bond donors (Lipinski definition) is 1. The van der Waals surface area contributed by atoms with E-state index in [0.29, 0.717) is 17.4 Å². The molecule has 2 rings (SSSR count). The number of nitrogens with two attached hydrogens (primary N) is 1. The van der Waals surface area contributed by atoms with Crippen LogP contribution in [0.1, 0.15) is 43.7 Å². The lowest BCUT2D eigenvalue weighted by Gasteiger charge is -2.33. The molecule has 1 aromatic carbocycles. The first-order valence-electron chi connectivity index (χ1n) is 7.64. The van der Waals surface area contributed by atoms with Crippen molar-refractivity contribution >= 4 is 10.0 Å². The Morgan fingerprint density at radius 3 is 2.62 bits per heavy atom. The summed E-state index contributed by atoms with van der Waals surface area (Å²) < 4.78 is 27.3. The highest BCUT2D eigenvalue weighted by Crippen LogP contribution is 2.30. The second kappa shape index (κ2) is 6.46. The molecule has 2 N–H and O–H groups in total. The number of sulfonamides is 1. The SMILES string of the molecule is Cc1cc(CN)ccc1S(=O)(=O)N(C)C1CCCC(C)C1. The normalized spacial score (nSPS) is 23.5. The molecule has 21 heavy (non-hydrogen) atoms. The van der Waals surface area contributed by atoms with E-state index >= 15 is 0 Å². The maximum absolute atomic E-state index is 12.9. The molecule has 0 radical (unpaired) electrons. The minimum absolute atomic E-state index is 0.118. The molecule has 0 aliphatic heterocycles. The van der Waals surface area contributed by atoms with Crippen LogP contribution >= 0.6 is 0 Å². The van der Waals surface area contributed by atoms with Crippen molar-refractivity contribution in [2.45, 2.75) is 57.0 Å². The van der Waals surface area contributed by atoms with Gasteiger partial charge in [0.2, 0.25) is 10.0 Å². The van der Waals surface area contributed by atoms with Gasteiger partial charge in [-0.1, -0.05) is 31.9 Å². The van der Waals surface area contributed by atoms with Crippen molar-refractivity contribution < 1.29 is 8.42 Å². The molecule has 1 saturated carbocycles. The average molecular weight is 310 g/mol. The standard InChI is InChI=1S/C16H26N2O2S/c1-12-5-4-6-15(9-12)18(3)21(19,20)16-8-7-14(11-17)10-13(16)2/h7-8,10,12,15H,4-6,9,11,17H2,1-3H3. The lowest BCUT2D eigenvalue weighted by atomic mass is 9.87. The summed E-state index contributed by atoms with van der Waals surface area (Å²) >= 11 is 0. The van der Waals surface area contributed by atoms with E-state index in [1.54, 1.807) is 23.5 Å². The largest absolute Gasteiger partial charge is 0.326 e. The Balaban J connectivity index is 2.28. The summed E-state index contributed by atoms with van der Waals surface area (Å²) in [5.74, 6) is 0.599. The highest BCUT2D eigenvalue weighted by Gasteiger charge is 2.31. The number of benzene rings is 1. The fourth-order valence-corrected chi connectivity index (χ4v) is 4.81. The van der Waals surface area contributed by atoms with Crippen LogP contribution in [-0.2, 0) is 16.6 Å². The Hall–Kier alpha value is -0.910. The summed E-state index contributed by atoms with van der Waals surface area (Å²) in [6.07, 6.45) is 4.22. The third kappa shape index (κ3) is 3.47. The van der Waals surface area contributed by atoms with Crippen LogP contribution in [0, 0.1) is 12.8 Å². The first kappa shape index (κ1) is 16.5. The van der Waals surface area contributed by atoms with Crippen LogP contribution in [0.2, 0.25) is 0 Å². The van der Waals surface area contributed by atoms with Crippen molar-refractivity contribution in [1.82, 2.24) is 4.31 Å². The Bertz CT molecular complexity index is 598. The van der Waals surface area contributed by atoms with E-state index in [2.05, 4.69) is 6.92 Å². The minimum Gasteiger partial charge on any atom is -0.326 e. The first-order chi connectivity index (χ1) is 9.86. The highest BCUT2D eigenvalue weighted by atomic mass is 32.2. The Labute approximate surface area is 128 Å². The van der Waals surface area contributed by atoms with Gasteiger partial charge in [-0.05, 0) is 42.9 Å². The van der Waals surface area contributed by atoms with Gasteiger partial charge in [-0.15, -0.1) is 0 Å². The summed E-state index contributed by atoms with van der Waals surface area (Å²) in [6.45, 7) is 4.47. The molecule has 0 amide bonds. The fourth-order valence-electron chi connectivity index (χ4n) is 3.21. The zero-order valence-corrected chi connectivity index (χ0v) is 14.0. The third-order valence-electron chi connectivity index (χ3n) is 4.56. The van der Waals surface area contributed by atoms with Crippen molar-refractivity contribution in [3.05, 3.63) is 29.3 Å². The van der Waals surface area contributed by atoms with E-state index in [9.17, 15) is 8.42 Å². The fraction of sp³-hybridized carbons (Fsp3) is 0.625. The molecule has 118 valence electrons. The minimum atomic E-state index is -3.43. The molecular formula is C16H26N2O2S. The first-order valence-corrected chi connectivity index (χ1v) is 9.08. The number of aryl methyl sites for hydroxylation is 1. The van der Waals surface area contributed by atoms with Gasteiger partial charge in [0.25, 0.3) is 0 Å². The molecule has 0 aromatic heterocycles. The molecule has 0 bridgehead atoms. The van der Waals surface area contributed by atoms with Crippen LogP contribution in [0.5, 0.6) is 0 Å². The maximum atomic E-state index is 12.9. The molecule has 0 heterocycles. The van der Waals surface area contributed by atoms with Gasteiger partial charge in [0, 0.05) is 19.6 Å². The molecule has 1 fully saturated rings. The third-order valence-corrected chi connectivity index (χ3v) is 6.63. The van der Waals surface area contributed by atoms with Crippen LogP contribution in [-0.4, -0.2) is 25.8 Å². The number of nitrogens with zero attached hydrogens (tertiary/aromatic N) is 1.